The van der Waals surface area contributed by atoms with Gasteiger partial charge in [-0.1, -0.05) is 63.9 Å². The Morgan fingerprint density at radius 2 is 1.79 bits per heavy atom. The molecule has 8 heteroatoms. The summed E-state index contributed by atoms with van der Waals surface area (Å²) >= 11 is 6.04. The van der Waals surface area contributed by atoms with Crippen molar-refractivity contribution in [3.05, 3.63) is 46.5 Å². The van der Waals surface area contributed by atoms with E-state index in [2.05, 4.69) is 29.4 Å². The molecule has 1 heterocycles. The summed E-state index contributed by atoms with van der Waals surface area (Å²) in [4.78, 5) is 43.8. The van der Waals surface area contributed by atoms with Crippen LogP contribution in [-0.2, 0) is 20.9 Å². The summed E-state index contributed by atoms with van der Waals surface area (Å²) in [6.07, 6.45) is 4.75. The van der Waals surface area contributed by atoms with Crippen molar-refractivity contribution < 1.29 is 14.4 Å². The Balaban J connectivity index is 2.13. The molecule has 0 aliphatic carbocycles. The summed E-state index contributed by atoms with van der Waals surface area (Å²) in [5.74, 6) is -0.438. The average molecular weight is 547 g/mol. The molecule has 1 unspecified atom stereocenters. The predicted molar refractivity (Wildman–Crippen MR) is 155 cm³/mol. The molecular weight excluding hydrogens is 500 g/mol. The van der Waals surface area contributed by atoms with Gasteiger partial charge in [-0.05, 0) is 69.7 Å². The molecule has 1 aromatic carbocycles. The molecule has 3 amide bonds. The highest BCUT2D eigenvalue weighted by atomic mass is 35.5. The van der Waals surface area contributed by atoms with Crippen molar-refractivity contribution in [2.45, 2.75) is 98.4 Å². The standard InChI is InChI=1S/C30H47ClN4O3/c1-19(2)26(16-22(7)28(36)32-18-23-12-11-13-24(31)17-23)34(8)30(38)27(20(3)4)33-29(37)25-14-9-10-15-35(25)21(5)6/h11-13,16-17,19-21,25-27H,9-10,14-15,18H2,1-8H3,(H,32,36)(H,33,37)/t25-,26?,27+/m1/s1. The van der Waals surface area contributed by atoms with E-state index in [4.69, 9.17) is 11.6 Å². The maximum absolute atomic E-state index is 13.7. The second-order valence-electron chi connectivity index (χ2n) is 11.4. The van der Waals surface area contributed by atoms with Crippen LogP contribution in [0.1, 0.15) is 73.3 Å². The molecule has 1 aromatic rings. The maximum Gasteiger partial charge on any atom is 0.246 e. The van der Waals surface area contributed by atoms with Gasteiger partial charge in [-0.2, -0.15) is 0 Å². The summed E-state index contributed by atoms with van der Waals surface area (Å²) in [6.45, 7) is 15.2. The third-order valence-electron chi connectivity index (χ3n) is 7.34. The Labute approximate surface area is 234 Å². The number of benzene rings is 1. The maximum atomic E-state index is 13.7. The van der Waals surface area contributed by atoms with E-state index in [-0.39, 0.29) is 47.7 Å². The smallest absolute Gasteiger partial charge is 0.246 e. The van der Waals surface area contributed by atoms with Crippen LogP contribution in [0.4, 0.5) is 0 Å². The predicted octanol–water partition coefficient (Wildman–Crippen LogP) is 4.79. The summed E-state index contributed by atoms with van der Waals surface area (Å²) in [7, 11) is 1.75. The van der Waals surface area contributed by atoms with Crippen molar-refractivity contribution in [1.29, 1.82) is 0 Å². The van der Waals surface area contributed by atoms with Crippen molar-refractivity contribution in [2.24, 2.45) is 11.8 Å². The Morgan fingerprint density at radius 3 is 2.37 bits per heavy atom. The second-order valence-corrected chi connectivity index (χ2v) is 11.9. The monoisotopic (exact) mass is 546 g/mol. The van der Waals surface area contributed by atoms with Gasteiger partial charge in [0.2, 0.25) is 17.7 Å². The molecule has 2 rings (SSSR count). The lowest BCUT2D eigenvalue weighted by atomic mass is 9.95. The number of hydrogen-bond acceptors (Lipinski definition) is 4. The molecule has 0 saturated carbocycles. The van der Waals surface area contributed by atoms with Crippen LogP contribution < -0.4 is 10.6 Å². The molecule has 0 spiro atoms. The van der Waals surface area contributed by atoms with Gasteiger partial charge in [0.25, 0.3) is 0 Å². The molecule has 1 aliphatic rings. The number of likely N-dealkylation sites (tertiary alicyclic amines) is 1. The summed E-state index contributed by atoms with van der Waals surface area (Å²) < 4.78 is 0. The van der Waals surface area contributed by atoms with Gasteiger partial charge in [0.15, 0.2) is 0 Å². The van der Waals surface area contributed by atoms with E-state index in [1.54, 1.807) is 24.9 Å². The molecule has 7 nitrogen and oxygen atoms in total. The highest BCUT2D eigenvalue weighted by Gasteiger charge is 2.36. The van der Waals surface area contributed by atoms with Crippen molar-refractivity contribution in [2.75, 3.05) is 13.6 Å². The number of carbonyl (C=O) groups is 3. The van der Waals surface area contributed by atoms with Crippen LogP contribution in [0.2, 0.25) is 5.02 Å². The number of hydrogen-bond donors (Lipinski definition) is 2. The third-order valence-corrected chi connectivity index (χ3v) is 7.57. The van der Waals surface area contributed by atoms with Gasteiger partial charge in [0.1, 0.15) is 6.04 Å². The highest BCUT2D eigenvalue weighted by molar-refractivity contribution is 6.30. The third kappa shape index (κ3) is 8.84. The van der Waals surface area contributed by atoms with E-state index in [1.807, 2.05) is 52.0 Å². The van der Waals surface area contributed by atoms with Crippen LogP contribution in [0.5, 0.6) is 0 Å². The first-order valence-electron chi connectivity index (χ1n) is 13.9. The molecule has 1 aliphatic heterocycles. The zero-order valence-corrected chi connectivity index (χ0v) is 25.1. The molecule has 1 fully saturated rings. The van der Waals surface area contributed by atoms with Crippen molar-refractivity contribution >= 4 is 29.3 Å². The highest BCUT2D eigenvalue weighted by Crippen LogP contribution is 2.21. The topological polar surface area (TPSA) is 81.8 Å². The van der Waals surface area contributed by atoms with Gasteiger partial charge in [0.05, 0.1) is 12.1 Å². The SMILES string of the molecule is CC(=CC(C(C)C)N(C)C(=O)[C@@H](NC(=O)[C@H]1CCCCN1C(C)C)C(C)C)C(=O)NCc1cccc(Cl)c1. The normalized spacial score (nSPS) is 18.4. The van der Waals surface area contributed by atoms with Gasteiger partial charge in [0, 0.05) is 30.2 Å². The minimum absolute atomic E-state index is 0.0675. The fraction of sp³-hybridized carbons (Fsp3) is 0.633. The van der Waals surface area contributed by atoms with Crippen molar-refractivity contribution in [1.82, 2.24) is 20.4 Å². The first kappa shape index (κ1) is 31.8. The molecule has 3 atom stereocenters. The minimum Gasteiger partial charge on any atom is -0.348 e. The van der Waals surface area contributed by atoms with Gasteiger partial charge >= 0.3 is 0 Å². The van der Waals surface area contributed by atoms with E-state index < -0.39 is 6.04 Å². The number of likely N-dealkylation sites (N-methyl/N-ethyl adjacent to an activating group) is 1. The van der Waals surface area contributed by atoms with Crippen LogP contribution in [0.15, 0.2) is 35.9 Å². The molecule has 0 aromatic heterocycles. The number of rotatable bonds is 11. The van der Waals surface area contributed by atoms with Crippen molar-refractivity contribution in [3.63, 3.8) is 0 Å². The Bertz CT molecular complexity index is 991. The quantitative estimate of drug-likeness (QED) is 0.391. The van der Waals surface area contributed by atoms with Crippen LogP contribution in [0.3, 0.4) is 0 Å². The Morgan fingerprint density at radius 1 is 1.11 bits per heavy atom. The molecule has 38 heavy (non-hydrogen) atoms. The van der Waals surface area contributed by atoms with Gasteiger partial charge < -0.3 is 15.5 Å². The van der Waals surface area contributed by atoms with Crippen LogP contribution in [-0.4, -0.2) is 65.3 Å². The van der Waals surface area contributed by atoms with E-state index >= 15 is 0 Å². The lowest BCUT2D eigenvalue weighted by Crippen LogP contribution is -2.58. The molecule has 1 saturated heterocycles. The van der Waals surface area contributed by atoms with Crippen LogP contribution >= 0.6 is 11.6 Å². The number of nitrogens with one attached hydrogen (secondary N) is 2. The largest absolute Gasteiger partial charge is 0.348 e. The average Bonchev–Trinajstić information content (AvgIpc) is 2.87. The molecule has 0 bridgehead atoms. The lowest BCUT2D eigenvalue weighted by molar-refractivity contribution is -0.140. The van der Waals surface area contributed by atoms with Gasteiger partial charge in [-0.25, -0.2) is 0 Å². The summed E-state index contributed by atoms with van der Waals surface area (Å²) in [5, 5.41) is 6.63. The number of piperidine rings is 1. The first-order chi connectivity index (χ1) is 17.8. The molecule has 2 N–H and O–H groups in total. The van der Waals surface area contributed by atoms with Crippen LogP contribution in [0.25, 0.3) is 0 Å². The van der Waals surface area contributed by atoms with Gasteiger partial charge in [-0.3, -0.25) is 19.3 Å². The number of halogens is 1. The van der Waals surface area contributed by atoms with Crippen molar-refractivity contribution in [3.8, 4) is 0 Å². The zero-order valence-electron chi connectivity index (χ0n) is 24.4. The zero-order chi connectivity index (χ0) is 28.6. The first-order valence-corrected chi connectivity index (χ1v) is 14.2. The van der Waals surface area contributed by atoms with E-state index in [0.717, 1.165) is 31.4 Å². The summed E-state index contributed by atoms with van der Waals surface area (Å²) in [5.41, 5.74) is 1.45. The second kappa shape index (κ2) is 14.7. The minimum atomic E-state index is -0.643. The Kier molecular flexibility index (Phi) is 12.3. The van der Waals surface area contributed by atoms with E-state index in [1.165, 1.54) is 0 Å². The fourth-order valence-corrected chi connectivity index (χ4v) is 5.25. The molecular formula is C30H47ClN4O3. The number of amides is 3. The lowest BCUT2D eigenvalue weighted by Gasteiger charge is -2.39. The van der Waals surface area contributed by atoms with E-state index in [9.17, 15) is 14.4 Å². The number of nitrogens with zero attached hydrogens (tertiary/aromatic N) is 2. The summed E-state index contributed by atoms with van der Waals surface area (Å²) in [6, 6.07) is 6.47. The van der Waals surface area contributed by atoms with Crippen LogP contribution in [0, 0.1) is 11.8 Å². The molecule has 212 valence electrons. The Hall–Kier alpha value is -2.38. The van der Waals surface area contributed by atoms with E-state index in [0.29, 0.717) is 17.1 Å². The molecule has 0 radical (unpaired) electrons. The number of carbonyl (C=O) groups excluding carboxylic acids is 3. The fourth-order valence-electron chi connectivity index (χ4n) is 5.03. The van der Waals surface area contributed by atoms with Gasteiger partial charge in [-0.15, -0.1) is 0 Å².